The highest BCUT2D eigenvalue weighted by Crippen LogP contribution is 2.38. The molecule has 0 saturated carbocycles. The molecule has 6 rings (SSSR count). The molecule has 0 radical (unpaired) electrons. The second kappa shape index (κ2) is 12.2. The number of alkyl halides is 3. The predicted octanol–water partition coefficient (Wildman–Crippen LogP) is 4.56. The van der Waals surface area contributed by atoms with Gasteiger partial charge in [-0.1, -0.05) is 30.3 Å². The van der Waals surface area contributed by atoms with Gasteiger partial charge < -0.3 is 19.4 Å². The average Bonchev–Trinajstić information content (AvgIpc) is 3.46. The van der Waals surface area contributed by atoms with Crippen molar-refractivity contribution in [2.75, 3.05) is 58.0 Å². The van der Waals surface area contributed by atoms with Crippen molar-refractivity contribution in [1.82, 2.24) is 19.6 Å². The van der Waals surface area contributed by atoms with Crippen molar-refractivity contribution >= 4 is 27.3 Å². The Hall–Kier alpha value is -4.69. The number of hydrogen-bond acceptors (Lipinski definition) is 7. The van der Waals surface area contributed by atoms with Crippen LogP contribution in [-0.2, 0) is 22.4 Å². The molecule has 14 heteroatoms. The fourth-order valence-electron chi connectivity index (χ4n) is 6.04. The molecule has 47 heavy (non-hydrogen) atoms. The molecule has 0 aliphatic carbocycles. The first-order chi connectivity index (χ1) is 22.3. The first kappa shape index (κ1) is 32.3. The van der Waals surface area contributed by atoms with E-state index in [2.05, 4.69) is 10.00 Å². The highest BCUT2D eigenvalue weighted by atomic mass is 32.2. The van der Waals surface area contributed by atoms with Gasteiger partial charge >= 0.3 is 6.18 Å². The molecule has 246 valence electrons. The number of piperazine rings is 1. The van der Waals surface area contributed by atoms with Crippen LogP contribution in [0.15, 0.2) is 71.6 Å². The zero-order valence-electron chi connectivity index (χ0n) is 25.9. The van der Waals surface area contributed by atoms with Crippen LogP contribution in [0.4, 0.5) is 18.9 Å². The van der Waals surface area contributed by atoms with E-state index in [0.29, 0.717) is 48.7 Å². The molecule has 0 spiro atoms. The maximum Gasteiger partial charge on any atom is 0.435 e. The number of anilines is 1. The Kier molecular flexibility index (Phi) is 8.34. The van der Waals surface area contributed by atoms with Crippen molar-refractivity contribution in [3.05, 3.63) is 89.2 Å². The summed E-state index contributed by atoms with van der Waals surface area (Å²) in [6.07, 6.45) is -3.86. The summed E-state index contributed by atoms with van der Waals surface area (Å²) < 4.78 is 74.0. The van der Waals surface area contributed by atoms with Crippen LogP contribution < -0.4 is 9.64 Å². The Morgan fingerprint density at radius 2 is 1.62 bits per heavy atom. The van der Waals surface area contributed by atoms with Gasteiger partial charge in [0.2, 0.25) is 0 Å². The Balaban J connectivity index is 1.42. The summed E-state index contributed by atoms with van der Waals surface area (Å²) in [6.45, 7) is 2.07. The number of benzene rings is 3. The predicted molar refractivity (Wildman–Crippen MR) is 169 cm³/mol. The topological polar surface area (TPSA) is 105 Å². The third kappa shape index (κ3) is 6.10. The van der Waals surface area contributed by atoms with Crippen molar-refractivity contribution in [3.8, 4) is 22.6 Å². The fourth-order valence-corrected chi connectivity index (χ4v) is 6.95. The van der Waals surface area contributed by atoms with Crippen molar-refractivity contribution in [3.63, 3.8) is 0 Å². The summed E-state index contributed by atoms with van der Waals surface area (Å²) in [5, 5.41) is 3.92. The average molecular weight is 668 g/mol. The first-order valence-electron chi connectivity index (χ1n) is 14.8. The van der Waals surface area contributed by atoms with Crippen molar-refractivity contribution in [1.29, 1.82) is 0 Å². The summed E-state index contributed by atoms with van der Waals surface area (Å²) >= 11 is 0. The summed E-state index contributed by atoms with van der Waals surface area (Å²) in [5.74, 6) is -0.795. The number of likely N-dealkylation sites (N-methyl/N-ethyl adjacent to an activating group) is 1. The van der Waals surface area contributed by atoms with Gasteiger partial charge in [0.15, 0.2) is 15.5 Å². The van der Waals surface area contributed by atoms with Gasteiger partial charge in [-0.2, -0.15) is 18.3 Å². The number of sulfone groups is 1. The second-order valence-corrected chi connectivity index (χ2v) is 13.6. The normalized spacial score (nSPS) is 15.9. The van der Waals surface area contributed by atoms with Gasteiger partial charge in [0.1, 0.15) is 11.4 Å². The molecule has 4 aromatic rings. The summed E-state index contributed by atoms with van der Waals surface area (Å²) in [5.41, 5.74) is -0.128. The maximum atomic E-state index is 14.3. The molecule has 1 aromatic heterocycles. The number of halogens is 3. The van der Waals surface area contributed by atoms with Gasteiger partial charge in [-0.15, -0.1) is 0 Å². The van der Waals surface area contributed by atoms with E-state index in [1.165, 1.54) is 36.3 Å². The maximum absolute atomic E-state index is 14.3. The molecule has 0 bridgehead atoms. The van der Waals surface area contributed by atoms with Crippen molar-refractivity contribution < 1.29 is 35.9 Å². The van der Waals surface area contributed by atoms with Gasteiger partial charge in [-0.05, 0) is 55.4 Å². The second-order valence-electron chi connectivity index (χ2n) is 11.6. The van der Waals surface area contributed by atoms with Crippen LogP contribution in [0.5, 0.6) is 5.75 Å². The van der Waals surface area contributed by atoms with E-state index in [4.69, 9.17) is 4.74 Å². The number of hydrogen-bond donors (Lipinski definition) is 0. The zero-order valence-corrected chi connectivity index (χ0v) is 26.7. The molecular formula is C33H32F3N5O5S. The van der Waals surface area contributed by atoms with Crippen LogP contribution in [0.25, 0.3) is 16.8 Å². The number of carbonyl (C=O) groups is 2. The lowest BCUT2D eigenvalue weighted by Gasteiger charge is -2.33. The molecule has 1 saturated heterocycles. The van der Waals surface area contributed by atoms with Crippen LogP contribution in [0.1, 0.15) is 32.1 Å². The Morgan fingerprint density at radius 3 is 2.26 bits per heavy atom. The largest absolute Gasteiger partial charge is 0.497 e. The number of aromatic nitrogens is 2. The lowest BCUT2D eigenvalue weighted by Crippen LogP contribution is -2.47. The number of fused-ring (bicyclic) bond motifs is 1. The number of rotatable bonds is 6. The number of carbonyl (C=O) groups excluding carboxylic acids is 2. The monoisotopic (exact) mass is 667 g/mol. The number of methoxy groups -OCH3 is 1. The third-order valence-electron chi connectivity index (χ3n) is 8.51. The molecular weight excluding hydrogens is 635 g/mol. The standard InChI is InChI=1S/C33H32F3N5O5S/c1-38-16-18-39(19-17-38)31(42)26-20-23(46-2)12-13-27(26)41-29-25(30(37-41)33(34,35)36)14-15-40(32(29)43)22-10-8-21(9-11-22)24-6-4-5-7-28(24)47(3,44)45/h4-13,20H,14-19H2,1-3H3. The molecule has 2 aliphatic heterocycles. The lowest BCUT2D eigenvalue weighted by molar-refractivity contribution is -0.141. The zero-order chi connectivity index (χ0) is 33.7. The molecule has 3 heterocycles. The molecule has 10 nitrogen and oxygen atoms in total. The number of amides is 2. The lowest BCUT2D eigenvalue weighted by atomic mass is 10.0. The van der Waals surface area contributed by atoms with E-state index in [-0.39, 0.29) is 40.4 Å². The van der Waals surface area contributed by atoms with Crippen molar-refractivity contribution in [2.45, 2.75) is 17.5 Å². The van der Waals surface area contributed by atoms with E-state index in [9.17, 15) is 31.2 Å². The molecule has 0 N–H and O–H groups in total. The van der Waals surface area contributed by atoms with Crippen LogP contribution >= 0.6 is 0 Å². The fraction of sp³-hybridized carbons (Fsp3) is 0.303. The summed E-state index contributed by atoms with van der Waals surface area (Å²) in [6, 6.07) is 17.5. The van der Waals surface area contributed by atoms with E-state index in [1.54, 1.807) is 47.4 Å². The molecule has 1 fully saturated rings. The minimum absolute atomic E-state index is 0.0319. The summed E-state index contributed by atoms with van der Waals surface area (Å²) in [4.78, 5) is 33.1. The van der Waals surface area contributed by atoms with E-state index < -0.39 is 33.5 Å². The Labute approximate surface area is 269 Å². The van der Waals surface area contributed by atoms with E-state index in [0.717, 1.165) is 10.9 Å². The third-order valence-corrected chi connectivity index (χ3v) is 9.67. The minimum Gasteiger partial charge on any atom is -0.497 e. The molecule has 2 amide bonds. The number of nitrogens with zero attached hydrogens (tertiary/aromatic N) is 5. The first-order valence-corrected chi connectivity index (χ1v) is 16.7. The van der Waals surface area contributed by atoms with Gasteiger partial charge in [-0.3, -0.25) is 9.59 Å². The summed E-state index contributed by atoms with van der Waals surface area (Å²) in [7, 11) is -0.165. The van der Waals surface area contributed by atoms with E-state index in [1.807, 2.05) is 7.05 Å². The SMILES string of the molecule is COc1ccc(-n2nc(C(F)(F)F)c3c2C(=O)N(c2ccc(-c4ccccc4S(C)(=O)=O)cc2)CC3)c(C(=O)N2CCN(C)CC2)c1. The van der Waals surface area contributed by atoms with Gasteiger partial charge in [-0.25, -0.2) is 13.1 Å². The molecule has 0 atom stereocenters. The smallest absolute Gasteiger partial charge is 0.435 e. The van der Waals surface area contributed by atoms with Crippen LogP contribution in [0, 0.1) is 0 Å². The van der Waals surface area contributed by atoms with Crippen LogP contribution in [0.2, 0.25) is 0 Å². The molecule has 3 aromatic carbocycles. The highest BCUT2D eigenvalue weighted by Gasteiger charge is 2.44. The van der Waals surface area contributed by atoms with Gasteiger partial charge in [0.25, 0.3) is 11.8 Å². The van der Waals surface area contributed by atoms with Crippen LogP contribution in [0.3, 0.4) is 0 Å². The van der Waals surface area contributed by atoms with Gasteiger partial charge in [0, 0.05) is 55.8 Å². The number of ether oxygens (including phenoxy) is 1. The van der Waals surface area contributed by atoms with Gasteiger partial charge in [0.05, 0.1) is 23.3 Å². The minimum atomic E-state index is -4.85. The molecule has 2 aliphatic rings. The quantitative estimate of drug-likeness (QED) is 0.297. The van der Waals surface area contributed by atoms with E-state index >= 15 is 0 Å². The molecule has 0 unspecified atom stereocenters. The Bertz CT molecular complexity index is 1970. The van der Waals surface area contributed by atoms with Crippen LogP contribution in [-0.4, -0.2) is 92.9 Å². The van der Waals surface area contributed by atoms with Crippen molar-refractivity contribution in [2.24, 2.45) is 0 Å². The highest BCUT2D eigenvalue weighted by molar-refractivity contribution is 7.90. The Morgan fingerprint density at radius 1 is 0.936 bits per heavy atom.